The summed E-state index contributed by atoms with van der Waals surface area (Å²) in [5.41, 5.74) is 1.62. The van der Waals surface area contributed by atoms with Crippen LogP contribution < -0.4 is 10.6 Å². The number of nitrogens with one attached hydrogen (secondary N) is 2. The van der Waals surface area contributed by atoms with Crippen molar-refractivity contribution in [2.45, 2.75) is 32.2 Å². The number of ether oxygens (including phenoxy) is 1. The number of benzene rings is 2. The van der Waals surface area contributed by atoms with Gasteiger partial charge in [0.1, 0.15) is 0 Å². The van der Waals surface area contributed by atoms with Crippen molar-refractivity contribution < 1.29 is 19.1 Å². The second-order valence-corrected chi connectivity index (χ2v) is 6.60. The Bertz CT molecular complexity index is 876. The van der Waals surface area contributed by atoms with E-state index in [4.69, 9.17) is 4.74 Å². The van der Waals surface area contributed by atoms with Gasteiger partial charge in [0.15, 0.2) is 5.54 Å². The molecule has 6 nitrogen and oxygen atoms in total. The number of anilines is 1. The van der Waals surface area contributed by atoms with Crippen molar-refractivity contribution in [1.29, 1.82) is 0 Å². The first-order valence-electron chi connectivity index (χ1n) is 8.88. The minimum Gasteiger partial charge on any atom is -0.466 e. The number of carbonyl (C=O) groups excluding carboxylic acids is 3. The Balaban J connectivity index is 1.89. The highest BCUT2D eigenvalue weighted by Crippen LogP contribution is 2.38. The van der Waals surface area contributed by atoms with Crippen molar-refractivity contribution in [2.24, 2.45) is 0 Å². The van der Waals surface area contributed by atoms with E-state index < -0.39 is 17.4 Å². The second kappa shape index (κ2) is 7.61. The number of rotatable bonds is 6. The van der Waals surface area contributed by atoms with Crippen LogP contribution in [0.5, 0.6) is 0 Å². The Labute approximate surface area is 157 Å². The van der Waals surface area contributed by atoms with Crippen molar-refractivity contribution in [2.75, 3.05) is 11.9 Å². The van der Waals surface area contributed by atoms with Crippen LogP contribution in [0.4, 0.5) is 5.69 Å². The van der Waals surface area contributed by atoms with Crippen LogP contribution in [0.2, 0.25) is 0 Å². The number of amides is 2. The van der Waals surface area contributed by atoms with E-state index >= 15 is 0 Å². The van der Waals surface area contributed by atoms with E-state index in [-0.39, 0.29) is 25.4 Å². The highest BCUT2D eigenvalue weighted by Gasteiger charge is 2.49. The van der Waals surface area contributed by atoms with Gasteiger partial charge in [-0.2, -0.15) is 0 Å². The third-order valence-electron chi connectivity index (χ3n) is 4.58. The molecule has 0 bridgehead atoms. The molecule has 1 unspecified atom stereocenters. The van der Waals surface area contributed by atoms with Gasteiger partial charge in [-0.05, 0) is 25.5 Å². The molecule has 0 saturated heterocycles. The molecule has 140 valence electrons. The molecule has 27 heavy (non-hydrogen) atoms. The maximum atomic E-state index is 12.8. The van der Waals surface area contributed by atoms with Crippen molar-refractivity contribution in [3.05, 3.63) is 65.2 Å². The monoisotopic (exact) mass is 366 g/mol. The first kappa shape index (κ1) is 18.6. The zero-order valence-corrected chi connectivity index (χ0v) is 15.4. The lowest BCUT2D eigenvalue weighted by Gasteiger charge is -2.28. The molecule has 6 heteroatoms. The molecule has 0 spiro atoms. The van der Waals surface area contributed by atoms with Crippen molar-refractivity contribution >= 4 is 23.5 Å². The van der Waals surface area contributed by atoms with E-state index in [1.54, 1.807) is 31.2 Å². The summed E-state index contributed by atoms with van der Waals surface area (Å²) in [6.45, 7) is 3.87. The van der Waals surface area contributed by atoms with E-state index in [2.05, 4.69) is 10.6 Å². The standard InChI is InChI=1S/C21H22N2O4/c1-3-27-19(25)13-21(16-6-4-5-7-17(16)22-20(21)26)23-18(24)12-15-10-8-14(2)9-11-15/h4-11H,3,12-13H2,1-2H3,(H,22,26)(H,23,24). The van der Waals surface area contributed by atoms with E-state index in [1.807, 2.05) is 31.2 Å². The predicted octanol–water partition coefficient (Wildman–Crippen LogP) is 2.45. The van der Waals surface area contributed by atoms with Gasteiger partial charge in [-0.15, -0.1) is 0 Å². The third-order valence-corrected chi connectivity index (χ3v) is 4.58. The minimum atomic E-state index is -1.47. The van der Waals surface area contributed by atoms with Gasteiger partial charge in [0.2, 0.25) is 5.91 Å². The Morgan fingerprint density at radius 1 is 1.11 bits per heavy atom. The summed E-state index contributed by atoms with van der Waals surface area (Å²) in [5.74, 6) is -1.32. The summed E-state index contributed by atoms with van der Waals surface area (Å²) in [6, 6.07) is 14.6. The molecular formula is C21H22N2O4. The molecular weight excluding hydrogens is 344 g/mol. The van der Waals surface area contributed by atoms with Crippen molar-refractivity contribution in [3.63, 3.8) is 0 Å². The van der Waals surface area contributed by atoms with Crippen LogP contribution in [-0.4, -0.2) is 24.4 Å². The molecule has 1 aliphatic heterocycles. The fourth-order valence-corrected chi connectivity index (χ4v) is 3.26. The average Bonchev–Trinajstić information content (AvgIpc) is 2.89. The van der Waals surface area contributed by atoms with Crippen LogP contribution in [0.25, 0.3) is 0 Å². The number of hydrogen-bond acceptors (Lipinski definition) is 4. The maximum absolute atomic E-state index is 12.8. The van der Waals surface area contributed by atoms with E-state index in [9.17, 15) is 14.4 Å². The number of para-hydroxylation sites is 1. The van der Waals surface area contributed by atoms with Crippen LogP contribution >= 0.6 is 0 Å². The van der Waals surface area contributed by atoms with Gasteiger partial charge < -0.3 is 15.4 Å². The van der Waals surface area contributed by atoms with Crippen molar-refractivity contribution in [3.8, 4) is 0 Å². The number of aryl methyl sites for hydroxylation is 1. The summed E-state index contributed by atoms with van der Waals surface area (Å²) >= 11 is 0. The normalized spacial score (nSPS) is 17.8. The molecule has 2 aromatic carbocycles. The van der Waals surface area contributed by atoms with Crippen LogP contribution in [0.3, 0.4) is 0 Å². The molecule has 2 N–H and O–H groups in total. The second-order valence-electron chi connectivity index (χ2n) is 6.60. The highest BCUT2D eigenvalue weighted by molar-refractivity contribution is 6.09. The Hall–Kier alpha value is -3.15. The molecule has 1 heterocycles. The molecule has 0 saturated carbocycles. The van der Waals surface area contributed by atoms with Gasteiger partial charge in [-0.1, -0.05) is 48.0 Å². The third kappa shape index (κ3) is 3.84. The fourth-order valence-electron chi connectivity index (χ4n) is 3.26. The Morgan fingerprint density at radius 3 is 2.52 bits per heavy atom. The average molecular weight is 366 g/mol. The van der Waals surface area contributed by atoms with Crippen LogP contribution in [-0.2, 0) is 31.1 Å². The molecule has 1 atom stereocenters. The lowest BCUT2D eigenvalue weighted by atomic mass is 9.87. The zero-order valence-electron chi connectivity index (χ0n) is 15.4. The summed E-state index contributed by atoms with van der Waals surface area (Å²) in [5, 5.41) is 5.55. The predicted molar refractivity (Wildman–Crippen MR) is 101 cm³/mol. The SMILES string of the molecule is CCOC(=O)CC1(NC(=O)Cc2ccc(C)cc2)C(=O)Nc2ccccc21. The van der Waals surface area contributed by atoms with Gasteiger partial charge in [-0.25, -0.2) is 0 Å². The van der Waals surface area contributed by atoms with E-state index in [1.165, 1.54) is 0 Å². The first-order chi connectivity index (χ1) is 12.9. The summed E-state index contributed by atoms with van der Waals surface area (Å²) in [6.07, 6.45) is -0.149. The zero-order chi connectivity index (χ0) is 19.4. The summed E-state index contributed by atoms with van der Waals surface area (Å²) in [7, 11) is 0. The van der Waals surface area contributed by atoms with Gasteiger partial charge in [-0.3, -0.25) is 14.4 Å². The quantitative estimate of drug-likeness (QED) is 0.769. The Kier molecular flexibility index (Phi) is 5.26. The smallest absolute Gasteiger partial charge is 0.309 e. The van der Waals surface area contributed by atoms with Gasteiger partial charge in [0.05, 0.1) is 19.4 Å². The van der Waals surface area contributed by atoms with Crippen LogP contribution in [0, 0.1) is 6.92 Å². The molecule has 0 aromatic heterocycles. The molecule has 1 aliphatic rings. The van der Waals surface area contributed by atoms with Crippen LogP contribution in [0.15, 0.2) is 48.5 Å². The minimum absolute atomic E-state index is 0.111. The number of esters is 1. The van der Waals surface area contributed by atoms with Crippen LogP contribution in [0.1, 0.15) is 30.0 Å². The first-order valence-corrected chi connectivity index (χ1v) is 8.88. The molecule has 0 radical (unpaired) electrons. The number of hydrogen-bond donors (Lipinski definition) is 2. The fraction of sp³-hybridized carbons (Fsp3) is 0.286. The lowest BCUT2D eigenvalue weighted by molar-refractivity contribution is -0.147. The summed E-state index contributed by atoms with van der Waals surface area (Å²) < 4.78 is 5.03. The number of fused-ring (bicyclic) bond motifs is 1. The maximum Gasteiger partial charge on any atom is 0.309 e. The van der Waals surface area contributed by atoms with Gasteiger partial charge in [0, 0.05) is 11.3 Å². The van der Waals surface area contributed by atoms with Crippen molar-refractivity contribution in [1.82, 2.24) is 5.32 Å². The lowest BCUT2D eigenvalue weighted by Crippen LogP contribution is -2.52. The van der Waals surface area contributed by atoms with E-state index in [0.29, 0.717) is 11.3 Å². The number of carbonyl (C=O) groups is 3. The largest absolute Gasteiger partial charge is 0.466 e. The molecule has 3 rings (SSSR count). The molecule has 0 aliphatic carbocycles. The van der Waals surface area contributed by atoms with Gasteiger partial charge >= 0.3 is 5.97 Å². The molecule has 2 amide bonds. The summed E-state index contributed by atoms with van der Waals surface area (Å²) in [4.78, 5) is 37.7. The highest BCUT2D eigenvalue weighted by atomic mass is 16.5. The van der Waals surface area contributed by atoms with E-state index in [0.717, 1.165) is 11.1 Å². The molecule has 0 fully saturated rings. The Morgan fingerprint density at radius 2 is 1.81 bits per heavy atom. The topological polar surface area (TPSA) is 84.5 Å². The molecule has 2 aromatic rings. The van der Waals surface area contributed by atoms with Gasteiger partial charge in [0.25, 0.3) is 5.91 Å².